The molecule has 0 aliphatic carbocycles. The van der Waals surface area contributed by atoms with Crippen molar-refractivity contribution in [1.82, 2.24) is 15.1 Å². The van der Waals surface area contributed by atoms with Gasteiger partial charge in [-0.25, -0.2) is 4.79 Å². The fourth-order valence-corrected chi connectivity index (χ4v) is 2.33. The lowest BCUT2D eigenvalue weighted by atomic mass is 10.1. The number of rotatable bonds is 1. The van der Waals surface area contributed by atoms with Gasteiger partial charge in [0.15, 0.2) is 0 Å². The second kappa shape index (κ2) is 4.17. The number of piperidine rings is 1. The number of hydrogen-bond donors (Lipinski definition) is 1. The van der Waals surface area contributed by atoms with Crippen LogP contribution in [0.15, 0.2) is 0 Å². The summed E-state index contributed by atoms with van der Waals surface area (Å²) in [4.78, 5) is 15.7. The van der Waals surface area contributed by atoms with Crippen LogP contribution >= 0.6 is 0 Å². The highest BCUT2D eigenvalue weighted by atomic mass is 16.2. The molecule has 0 aromatic rings. The zero-order valence-corrected chi connectivity index (χ0v) is 8.83. The van der Waals surface area contributed by atoms with Crippen LogP contribution in [0.1, 0.15) is 19.3 Å². The zero-order chi connectivity index (χ0) is 9.97. The Labute approximate surface area is 85.2 Å². The summed E-state index contributed by atoms with van der Waals surface area (Å²) in [5.74, 6) is 0. The molecule has 80 valence electrons. The van der Waals surface area contributed by atoms with Gasteiger partial charge in [-0.05, 0) is 25.8 Å². The van der Waals surface area contributed by atoms with Crippen LogP contribution in [0.3, 0.4) is 0 Å². The van der Waals surface area contributed by atoms with E-state index < -0.39 is 0 Å². The maximum Gasteiger partial charge on any atom is 0.320 e. The van der Waals surface area contributed by atoms with E-state index in [0.717, 1.165) is 39.0 Å². The average molecular weight is 197 g/mol. The van der Waals surface area contributed by atoms with Crippen LogP contribution in [-0.4, -0.2) is 55.1 Å². The van der Waals surface area contributed by atoms with Crippen molar-refractivity contribution in [2.75, 3.05) is 33.2 Å². The standard InChI is InChI=1S/C10H19N3O/c1-12-6-3-7-13(10(12)14)9-4-2-5-11-8-9/h9,11H,2-8H2,1H3/t9-/m0/s1. The molecule has 2 fully saturated rings. The molecule has 1 N–H and O–H groups in total. The van der Waals surface area contributed by atoms with E-state index in [1.165, 1.54) is 6.42 Å². The number of nitrogens with zero attached hydrogens (tertiary/aromatic N) is 2. The van der Waals surface area contributed by atoms with Crippen LogP contribution in [0, 0.1) is 0 Å². The Morgan fingerprint density at radius 1 is 1.36 bits per heavy atom. The van der Waals surface area contributed by atoms with Crippen molar-refractivity contribution >= 4 is 6.03 Å². The fraction of sp³-hybridized carbons (Fsp3) is 0.900. The Balaban J connectivity index is 1.97. The molecule has 4 nitrogen and oxygen atoms in total. The van der Waals surface area contributed by atoms with E-state index in [-0.39, 0.29) is 6.03 Å². The molecule has 0 radical (unpaired) electrons. The SMILES string of the molecule is CN1CCCN([C@H]2CCCNC2)C1=O. The van der Waals surface area contributed by atoms with E-state index in [2.05, 4.69) is 5.32 Å². The summed E-state index contributed by atoms with van der Waals surface area (Å²) >= 11 is 0. The minimum atomic E-state index is 0.213. The molecule has 0 saturated carbocycles. The molecular weight excluding hydrogens is 178 g/mol. The molecule has 0 bridgehead atoms. The highest BCUT2D eigenvalue weighted by Gasteiger charge is 2.29. The third-order valence-electron chi connectivity index (χ3n) is 3.18. The first kappa shape index (κ1) is 9.77. The maximum atomic E-state index is 11.8. The lowest BCUT2D eigenvalue weighted by Gasteiger charge is -2.40. The molecule has 0 aromatic heterocycles. The number of amides is 2. The molecular formula is C10H19N3O. The normalized spacial score (nSPS) is 29.5. The molecule has 0 unspecified atom stereocenters. The monoisotopic (exact) mass is 197 g/mol. The first-order chi connectivity index (χ1) is 6.79. The lowest BCUT2D eigenvalue weighted by Crippen LogP contribution is -2.55. The van der Waals surface area contributed by atoms with Crippen molar-refractivity contribution in [3.63, 3.8) is 0 Å². The Morgan fingerprint density at radius 3 is 2.93 bits per heavy atom. The van der Waals surface area contributed by atoms with Gasteiger partial charge in [0, 0.05) is 32.7 Å². The van der Waals surface area contributed by atoms with Crippen LogP contribution in [0.4, 0.5) is 4.79 Å². The van der Waals surface area contributed by atoms with Gasteiger partial charge in [0.2, 0.25) is 0 Å². The van der Waals surface area contributed by atoms with Crippen molar-refractivity contribution in [2.45, 2.75) is 25.3 Å². The first-order valence-electron chi connectivity index (χ1n) is 5.51. The number of nitrogens with one attached hydrogen (secondary N) is 1. The summed E-state index contributed by atoms with van der Waals surface area (Å²) in [5, 5.41) is 3.36. The molecule has 14 heavy (non-hydrogen) atoms. The van der Waals surface area contributed by atoms with Gasteiger partial charge in [0.25, 0.3) is 0 Å². The van der Waals surface area contributed by atoms with Crippen molar-refractivity contribution in [1.29, 1.82) is 0 Å². The molecule has 2 heterocycles. The van der Waals surface area contributed by atoms with Crippen LogP contribution in [0.25, 0.3) is 0 Å². The van der Waals surface area contributed by atoms with Gasteiger partial charge in [-0.15, -0.1) is 0 Å². The van der Waals surface area contributed by atoms with Crippen LogP contribution < -0.4 is 5.32 Å². The zero-order valence-electron chi connectivity index (χ0n) is 8.83. The Hall–Kier alpha value is -0.770. The first-order valence-corrected chi connectivity index (χ1v) is 5.51. The van der Waals surface area contributed by atoms with E-state index in [9.17, 15) is 4.79 Å². The summed E-state index contributed by atoms with van der Waals surface area (Å²) < 4.78 is 0. The topological polar surface area (TPSA) is 35.6 Å². The fourth-order valence-electron chi connectivity index (χ4n) is 2.33. The average Bonchev–Trinajstić information content (AvgIpc) is 2.23. The summed E-state index contributed by atoms with van der Waals surface area (Å²) in [6.07, 6.45) is 3.46. The van der Waals surface area contributed by atoms with Crippen molar-refractivity contribution in [3.05, 3.63) is 0 Å². The Morgan fingerprint density at radius 2 is 2.21 bits per heavy atom. The molecule has 2 rings (SSSR count). The predicted octanol–water partition coefficient (Wildman–Crippen LogP) is 0.496. The van der Waals surface area contributed by atoms with Crippen molar-refractivity contribution in [3.8, 4) is 0 Å². The number of urea groups is 1. The van der Waals surface area contributed by atoms with Crippen LogP contribution in [0.5, 0.6) is 0 Å². The quantitative estimate of drug-likeness (QED) is 0.664. The number of hydrogen-bond acceptors (Lipinski definition) is 2. The maximum absolute atomic E-state index is 11.8. The van der Waals surface area contributed by atoms with E-state index in [1.807, 2.05) is 16.8 Å². The van der Waals surface area contributed by atoms with Gasteiger partial charge in [-0.1, -0.05) is 0 Å². The van der Waals surface area contributed by atoms with Crippen LogP contribution in [0.2, 0.25) is 0 Å². The second-order valence-corrected chi connectivity index (χ2v) is 4.25. The van der Waals surface area contributed by atoms with Gasteiger partial charge in [-0.3, -0.25) is 0 Å². The van der Waals surface area contributed by atoms with Crippen LogP contribution in [-0.2, 0) is 0 Å². The van der Waals surface area contributed by atoms with E-state index in [4.69, 9.17) is 0 Å². The summed E-state index contributed by atoms with van der Waals surface area (Å²) in [5.41, 5.74) is 0. The Kier molecular flexibility index (Phi) is 2.91. The van der Waals surface area contributed by atoms with E-state index in [0.29, 0.717) is 6.04 Å². The highest BCUT2D eigenvalue weighted by molar-refractivity contribution is 5.75. The minimum Gasteiger partial charge on any atom is -0.328 e. The largest absolute Gasteiger partial charge is 0.328 e. The highest BCUT2D eigenvalue weighted by Crippen LogP contribution is 2.16. The summed E-state index contributed by atoms with van der Waals surface area (Å²) in [6.45, 7) is 3.93. The summed E-state index contributed by atoms with van der Waals surface area (Å²) in [7, 11) is 1.89. The molecule has 2 saturated heterocycles. The third-order valence-corrected chi connectivity index (χ3v) is 3.18. The molecule has 2 aliphatic heterocycles. The molecule has 1 atom stereocenters. The number of carbonyl (C=O) groups excluding carboxylic acids is 1. The second-order valence-electron chi connectivity index (χ2n) is 4.25. The van der Waals surface area contributed by atoms with Crippen molar-refractivity contribution in [2.24, 2.45) is 0 Å². The summed E-state index contributed by atoms with van der Waals surface area (Å²) in [6, 6.07) is 0.643. The van der Waals surface area contributed by atoms with Gasteiger partial charge >= 0.3 is 6.03 Å². The predicted molar refractivity (Wildman–Crippen MR) is 55.2 cm³/mol. The van der Waals surface area contributed by atoms with Gasteiger partial charge in [0.05, 0.1) is 0 Å². The van der Waals surface area contributed by atoms with E-state index >= 15 is 0 Å². The number of carbonyl (C=O) groups is 1. The molecule has 4 heteroatoms. The van der Waals surface area contributed by atoms with E-state index in [1.54, 1.807) is 0 Å². The smallest absolute Gasteiger partial charge is 0.320 e. The molecule has 0 spiro atoms. The third kappa shape index (κ3) is 1.85. The van der Waals surface area contributed by atoms with Gasteiger partial charge in [-0.2, -0.15) is 0 Å². The minimum absolute atomic E-state index is 0.213. The van der Waals surface area contributed by atoms with Crippen molar-refractivity contribution < 1.29 is 4.79 Å². The molecule has 2 aliphatic rings. The molecule has 0 aromatic carbocycles. The Bertz CT molecular complexity index is 213. The lowest BCUT2D eigenvalue weighted by molar-refractivity contribution is 0.109. The van der Waals surface area contributed by atoms with Gasteiger partial charge in [0.1, 0.15) is 0 Å². The molecule has 2 amide bonds. The van der Waals surface area contributed by atoms with Gasteiger partial charge < -0.3 is 15.1 Å².